The Morgan fingerprint density at radius 1 is 1.22 bits per heavy atom. The number of carbonyl (C=O) groups excluding carboxylic acids is 1. The van der Waals surface area contributed by atoms with E-state index in [1.54, 1.807) is 11.8 Å². The van der Waals surface area contributed by atoms with E-state index >= 15 is 0 Å². The number of methoxy groups -OCH3 is 1. The van der Waals surface area contributed by atoms with Gasteiger partial charge < -0.3 is 10.1 Å². The zero-order chi connectivity index (χ0) is 19.1. The lowest BCUT2D eigenvalue weighted by molar-refractivity contribution is -0.122. The third-order valence-corrected chi connectivity index (χ3v) is 4.82. The summed E-state index contributed by atoms with van der Waals surface area (Å²) in [5, 5.41) is 15.1. The lowest BCUT2D eigenvalue weighted by Crippen LogP contribution is -2.50. The van der Waals surface area contributed by atoms with Gasteiger partial charge in [-0.3, -0.25) is 14.6 Å². The van der Waals surface area contributed by atoms with Gasteiger partial charge in [0, 0.05) is 39.8 Å². The fraction of sp³-hybridized carbons (Fsp3) is 0.556. The Hall–Kier alpha value is -2.36. The van der Waals surface area contributed by atoms with Crippen LogP contribution in [0.15, 0.2) is 30.3 Å². The lowest BCUT2D eigenvalue weighted by atomic mass is 10.2. The van der Waals surface area contributed by atoms with E-state index in [0.717, 1.165) is 37.7 Å². The summed E-state index contributed by atoms with van der Waals surface area (Å²) >= 11 is 0. The van der Waals surface area contributed by atoms with Gasteiger partial charge in [0.25, 0.3) is 0 Å². The highest BCUT2D eigenvalue weighted by atomic mass is 16.5. The van der Waals surface area contributed by atoms with Crippen LogP contribution in [-0.2, 0) is 9.53 Å². The van der Waals surface area contributed by atoms with E-state index in [2.05, 4.69) is 37.6 Å². The van der Waals surface area contributed by atoms with Crippen LogP contribution in [0.5, 0.6) is 0 Å². The van der Waals surface area contributed by atoms with Gasteiger partial charge in [0.2, 0.25) is 5.91 Å². The van der Waals surface area contributed by atoms with Gasteiger partial charge >= 0.3 is 0 Å². The van der Waals surface area contributed by atoms with Crippen LogP contribution < -0.4 is 5.32 Å². The molecule has 3 rings (SSSR count). The molecule has 2 heterocycles. The van der Waals surface area contributed by atoms with Gasteiger partial charge in [-0.05, 0) is 29.5 Å². The predicted molar refractivity (Wildman–Crippen MR) is 100 cm³/mol. The third-order valence-electron chi connectivity index (χ3n) is 4.82. The summed E-state index contributed by atoms with van der Waals surface area (Å²) in [6.07, 6.45) is 0. The molecule has 9 heteroatoms. The van der Waals surface area contributed by atoms with Gasteiger partial charge in [-0.15, -0.1) is 5.10 Å². The number of tetrazole rings is 1. The predicted octanol–water partition coefficient (Wildman–Crippen LogP) is 0.104. The van der Waals surface area contributed by atoms with Crippen molar-refractivity contribution in [2.45, 2.75) is 13.0 Å². The normalized spacial score (nSPS) is 17.0. The molecule has 1 unspecified atom stereocenters. The highest BCUT2D eigenvalue weighted by molar-refractivity contribution is 5.78. The fourth-order valence-corrected chi connectivity index (χ4v) is 3.23. The van der Waals surface area contributed by atoms with Gasteiger partial charge in [0.1, 0.15) is 0 Å². The van der Waals surface area contributed by atoms with E-state index in [0.29, 0.717) is 19.7 Å². The summed E-state index contributed by atoms with van der Waals surface area (Å²) in [7, 11) is 1.63. The molecule has 0 saturated carbocycles. The highest BCUT2D eigenvalue weighted by Crippen LogP contribution is 2.21. The van der Waals surface area contributed by atoms with E-state index in [-0.39, 0.29) is 11.9 Å². The topological polar surface area (TPSA) is 88.4 Å². The number of nitrogens with one attached hydrogen (secondary N) is 1. The molecule has 9 nitrogen and oxygen atoms in total. The molecule has 1 aliphatic heterocycles. The molecule has 1 fully saturated rings. The maximum absolute atomic E-state index is 11.9. The number of ether oxygens (including phenoxy) is 1. The quantitative estimate of drug-likeness (QED) is 0.657. The van der Waals surface area contributed by atoms with Crippen LogP contribution in [0.3, 0.4) is 0 Å². The summed E-state index contributed by atoms with van der Waals surface area (Å²) in [4.78, 5) is 16.5. The largest absolute Gasteiger partial charge is 0.383 e. The first-order valence-electron chi connectivity index (χ1n) is 9.25. The number of piperazine rings is 1. The first kappa shape index (κ1) is 19.4. The second-order valence-corrected chi connectivity index (χ2v) is 6.62. The Labute approximate surface area is 159 Å². The molecule has 27 heavy (non-hydrogen) atoms. The van der Waals surface area contributed by atoms with E-state index < -0.39 is 0 Å². The van der Waals surface area contributed by atoms with Crippen molar-refractivity contribution in [1.82, 2.24) is 35.3 Å². The fourth-order valence-electron chi connectivity index (χ4n) is 3.23. The summed E-state index contributed by atoms with van der Waals surface area (Å²) in [6, 6.07) is 10.0. The molecule has 2 aromatic rings. The maximum Gasteiger partial charge on any atom is 0.234 e. The van der Waals surface area contributed by atoms with E-state index in [1.165, 1.54) is 0 Å². The number of hydrogen-bond donors (Lipinski definition) is 1. The van der Waals surface area contributed by atoms with Crippen LogP contribution in [-0.4, -0.2) is 88.9 Å². The van der Waals surface area contributed by atoms with Crippen molar-refractivity contribution in [3.63, 3.8) is 0 Å². The number of rotatable bonds is 8. The number of carbonyl (C=O) groups is 1. The van der Waals surface area contributed by atoms with Crippen molar-refractivity contribution in [1.29, 1.82) is 0 Å². The summed E-state index contributed by atoms with van der Waals surface area (Å²) in [5.41, 5.74) is 0.954. The minimum absolute atomic E-state index is 0.0431. The Morgan fingerprint density at radius 2 is 1.96 bits per heavy atom. The van der Waals surface area contributed by atoms with Crippen LogP contribution in [0.4, 0.5) is 0 Å². The molecule has 1 amide bonds. The van der Waals surface area contributed by atoms with E-state index in [9.17, 15) is 4.79 Å². The lowest BCUT2D eigenvalue weighted by Gasteiger charge is -2.37. The number of hydrogen-bond acceptors (Lipinski definition) is 7. The van der Waals surface area contributed by atoms with Crippen molar-refractivity contribution in [2.24, 2.45) is 0 Å². The summed E-state index contributed by atoms with van der Waals surface area (Å²) in [6.45, 7) is 7.06. The zero-order valence-corrected chi connectivity index (χ0v) is 15.9. The molecule has 0 bridgehead atoms. The van der Waals surface area contributed by atoms with Gasteiger partial charge in [-0.1, -0.05) is 18.2 Å². The van der Waals surface area contributed by atoms with Crippen molar-refractivity contribution < 1.29 is 9.53 Å². The van der Waals surface area contributed by atoms with Gasteiger partial charge in [0.15, 0.2) is 5.82 Å². The number of aromatic nitrogens is 4. The molecular weight excluding hydrogens is 346 g/mol. The number of benzene rings is 1. The molecule has 1 saturated heterocycles. The molecule has 0 radical (unpaired) electrons. The first-order chi connectivity index (χ1) is 13.2. The average Bonchev–Trinajstić information content (AvgIpc) is 3.19. The molecule has 146 valence electrons. The van der Waals surface area contributed by atoms with Crippen LogP contribution in [0.25, 0.3) is 5.69 Å². The standard InChI is InChI=1S/C18H27N7O2/c1-15(18-20-21-22-25(18)16-6-4-3-5-7-16)24-11-9-23(10-12-24)14-17(26)19-8-13-27-2/h3-7,15H,8-14H2,1-2H3,(H,19,26). The minimum Gasteiger partial charge on any atom is -0.383 e. The molecule has 0 spiro atoms. The van der Waals surface area contributed by atoms with Crippen molar-refractivity contribution in [3.05, 3.63) is 36.2 Å². The Bertz CT molecular complexity index is 714. The molecule has 1 aromatic carbocycles. The molecule has 1 aliphatic rings. The third kappa shape index (κ3) is 5.09. The van der Waals surface area contributed by atoms with E-state index in [4.69, 9.17) is 4.74 Å². The summed E-state index contributed by atoms with van der Waals surface area (Å²) < 4.78 is 6.74. The van der Waals surface area contributed by atoms with Crippen LogP contribution in [0, 0.1) is 0 Å². The number of amides is 1. The van der Waals surface area contributed by atoms with Gasteiger partial charge in [0.05, 0.1) is 24.9 Å². The zero-order valence-electron chi connectivity index (χ0n) is 15.9. The summed E-state index contributed by atoms with van der Waals surface area (Å²) in [5.74, 6) is 0.869. The maximum atomic E-state index is 11.9. The average molecular weight is 373 g/mol. The van der Waals surface area contributed by atoms with E-state index in [1.807, 2.05) is 30.3 Å². The molecule has 0 aliphatic carbocycles. The molecule has 1 N–H and O–H groups in total. The SMILES string of the molecule is COCCNC(=O)CN1CCN(C(C)c2nnnn2-c2ccccc2)CC1. The first-order valence-corrected chi connectivity index (χ1v) is 9.25. The van der Waals surface area contributed by atoms with Crippen molar-refractivity contribution in [3.8, 4) is 5.69 Å². The molecule has 1 atom stereocenters. The van der Waals surface area contributed by atoms with Crippen LogP contribution >= 0.6 is 0 Å². The second kappa shape index (κ2) is 9.54. The van der Waals surface area contributed by atoms with Crippen LogP contribution in [0.1, 0.15) is 18.8 Å². The van der Waals surface area contributed by atoms with Gasteiger partial charge in [-0.25, -0.2) is 0 Å². The molecular formula is C18H27N7O2. The smallest absolute Gasteiger partial charge is 0.234 e. The second-order valence-electron chi connectivity index (χ2n) is 6.62. The van der Waals surface area contributed by atoms with Crippen molar-refractivity contribution >= 4 is 5.91 Å². The number of para-hydroxylation sites is 1. The van der Waals surface area contributed by atoms with Crippen molar-refractivity contribution in [2.75, 3.05) is 53.0 Å². The monoisotopic (exact) mass is 373 g/mol. The van der Waals surface area contributed by atoms with Gasteiger partial charge in [-0.2, -0.15) is 4.68 Å². The Morgan fingerprint density at radius 3 is 2.67 bits per heavy atom. The minimum atomic E-state index is 0.0431. The Kier molecular flexibility index (Phi) is 6.86. The Balaban J connectivity index is 1.53. The number of nitrogens with zero attached hydrogens (tertiary/aromatic N) is 6. The molecule has 1 aromatic heterocycles. The van der Waals surface area contributed by atoms with Crippen LogP contribution in [0.2, 0.25) is 0 Å². The highest BCUT2D eigenvalue weighted by Gasteiger charge is 2.26.